The largest absolute Gasteiger partial charge is 0.326 e. The summed E-state index contributed by atoms with van der Waals surface area (Å²) >= 11 is 0. The Balaban J connectivity index is 2.11. The van der Waals surface area contributed by atoms with Crippen LogP contribution in [0.2, 0.25) is 0 Å². The maximum atomic E-state index is 13.0. The van der Waals surface area contributed by atoms with Crippen LogP contribution in [-0.4, -0.2) is 5.91 Å². The highest BCUT2D eigenvalue weighted by Gasteiger charge is 2.09. The van der Waals surface area contributed by atoms with Crippen LogP contribution >= 0.6 is 0 Å². The first-order valence-corrected chi connectivity index (χ1v) is 5.82. The van der Waals surface area contributed by atoms with Gasteiger partial charge in [-0.25, -0.2) is 8.78 Å². The molecule has 5 heteroatoms. The summed E-state index contributed by atoms with van der Waals surface area (Å²) in [5.41, 5.74) is 0.999. The molecule has 0 aliphatic heterocycles. The van der Waals surface area contributed by atoms with Crippen molar-refractivity contribution in [2.45, 2.75) is 6.42 Å². The highest BCUT2D eigenvalue weighted by molar-refractivity contribution is 5.92. The van der Waals surface area contributed by atoms with Crippen LogP contribution in [0.3, 0.4) is 0 Å². The Morgan fingerprint density at radius 2 is 1.80 bits per heavy atom. The van der Waals surface area contributed by atoms with Gasteiger partial charge in [0, 0.05) is 11.8 Å². The molecular weight excluding hydrogens is 262 g/mol. The number of benzene rings is 2. The second kappa shape index (κ2) is 5.93. The fourth-order valence-electron chi connectivity index (χ4n) is 1.79. The lowest BCUT2D eigenvalue weighted by Crippen LogP contribution is -2.15. The Labute approximate surface area is 114 Å². The molecule has 3 nitrogen and oxygen atoms in total. The van der Waals surface area contributed by atoms with E-state index in [0.29, 0.717) is 11.1 Å². The molecule has 0 spiro atoms. The summed E-state index contributed by atoms with van der Waals surface area (Å²) in [6.45, 7) is 0. The molecule has 2 rings (SSSR count). The van der Waals surface area contributed by atoms with E-state index < -0.39 is 17.5 Å². The lowest BCUT2D eigenvalue weighted by atomic mass is 10.1. The predicted molar refractivity (Wildman–Crippen MR) is 69.8 cm³/mol. The number of hydrogen-bond donors (Lipinski definition) is 1. The van der Waals surface area contributed by atoms with Gasteiger partial charge in [0.05, 0.1) is 18.1 Å². The van der Waals surface area contributed by atoms with E-state index in [-0.39, 0.29) is 12.1 Å². The summed E-state index contributed by atoms with van der Waals surface area (Å²) in [5.74, 6) is -1.98. The van der Waals surface area contributed by atoms with E-state index in [4.69, 9.17) is 5.26 Å². The number of rotatable bonds is 3. The Bertz CT molecular complexity index is 672. The summed E-state index contributed by atoms with van der Waals surface area (Å²) < 4.78 is 26.0. The molecule has 100 valence electrons. The van der Waals surface area contributed by atoms with Crippen molar-refractivity contribution in [2.75, 3.05) is 5.32 Å². The summed E-state index contributed by atoms with van der Waals surface area (Å²) in [7, 11) is 0. The third-order valence-electron chi connectivity index (χ3n) is 2.64. The quantitative estimate of drug-likeness (QED) is 0.933. The Kier molecular flexibility index (Phi) is 4.06. The second-order valence-electron chi connectivity index (χ2n) is 4.15. The number of anilines is 1. The van der Waals surface area contributed by atoms with Crippen LogP contribution in [0.25, 0.3) is 0 Å². The van der Waals surface area contributed by atoms with Crippen LogP contribution < -0.4 is 5.32 Å². The molecule has 20 heavy (non-hydrogen) atoms. The third-order valence-corrected chi connectivity index (χ3v) is 2.64. The Morgan fingerprint density at radius 3 is 2.45 bits per heavy atom. The number of nitrogens with one attached hydrogen (secondary N) is 1. The van der Waals surface area contributed by atoms with Crippen molar-refractivity contribution in [1.29, 1.82) is 5.26 Å². The fourth-order valence-corrected chi connectivity index (χ4v) is 1.79. The van der Waals surface area contributed by atoms with Crippen molar-refractivity contribution in [1.82, 2.24) is 0 Å². The van der Waals surface area contributed by atoms with Gasteiger partial charge in [-0.05, 0) is 23.8 Å². The molecule has 1 amide bonds. The maximum absolute atomic E-state index is 13.0. The minimum Gasteiger partial charge on any atom is -0.326 e. The van der Waals surface area contributed by atoms with E-state index in [0.717, 1.165) is 18.2 Å². The van der Waals surface area contributed by atoms with Crippen LogP contribution in [0.15, 0.2) is 42.5 Å². The van der Waals surface area contributed by atoms with E-state index >= 15 is 0 Å². The lowest BCUT2D eigenvalue weighted by Gasteiger charge is -2.06. The van der Waals surface area contributed by atoms with Crippen molar-refractivity contribution >= 4 is 11.6 Å². The normalized spacial score (nSPS) is 9.85. The Morgan fingerprint density at radius 1 is 1.15 bits per heavy atom. The molecule has 0 aromatic heterocycles. The van der Waals surface area contributed by atoms with E-state index in [1.165, 1.54) is 0 Å². The molecule has 0 saturated heterocycles. The predicted octanol–water partition coefficient (Wildman–Crippen LogP) is 3.02. The number of amides is 1. The molecule has 0 fully saturated rings. The summed E-state index contributed by atoms with van der Waals surface area (Å²) in [5, 5.41) is 11.3. The van der Waals surface area contributed by atoms with E-state index in [1.54, 1.807) is 24.3 Å². The topological polar surface area (TPSA) is 52.9 Å². The van der Waals surface area contributed by atoms with Crippen molar-refractivity contribution in [3.8, 4) is 6.07 Å². The average molecular weight is 272 g/mol. The van der Waals surface area contributed by atoms with Gasteiger partial charge in [0.1, 0.15) is 11.6 Å². The third kappa shape index (κ3) is 3.39. The number of nitriles is 1. The number of nitrogens with zero attached hydrogens (tertiary/aromatic N) is 1. The number of halogens is 2. The van der Waals surface area contributed by atoms with Crippen molar-refractivity contribution < 1.29 is 13.6 Å². The van der Waals surface area contributed by atoms with Gasteiger partial charge >= 0.3 is 0 Å². The van der Waals surface area contributed by atoms with Crippen LogP contribution in [0.5, 0.6) is 0 Å². The van der Waals surface area contributed by atoms with Gasteiger partial charge in [0.15, 0.2) is 0 Å². The van der Waals surface area contributed by atoms with E-state index in [1.807, 2.05) is 6.07 Å². The highest BCUT2D eigenvalue weighted by atomic mass is 19.1. The zero-order valence-electron chi connectivity index (χ0n) is 10.4. The highest BCUT2D eigenvalue weighted by Crippen LogP contribution is 2.14. The molecule has 1 N–H and O–H groups in total. The molecule has 2 aromatic rings. The zero-order valence-corrected chi connectivity index (χ0v) is 10.4. The SMILES string of the molecule is N#Cc1ccccc1CC(=O)Nc1cc(F)cc(F)c1. The summed E-state index contributed by atoms with van der Waals surface area (Å²) in [6.07, 6.45) is -0.0398. The second-order valence-corrected chi connectivity index (χ2v) is 4.15. The standard InChI is InChI=1S/C15H10F2N2O/c16-12-6-13(17)8-14(7-12)19-15(20)5-10-3-1-2-4-11(10)9-18/h1-4,6-8H,5H2,(H,19,20). The smallest absolute Gasteiger partial charge is 0.228 e. The maximum Gasteiger partial charge on any atom is 0.228 e. The molecule has 0 aliphatic carbocycles. The lowest BCUT2D eigenvalue weighted by molar-refractivity contribution is -0.115. The van der Waals surface area contributed by atoms with Gasteiger partial charge in [0.25, 0.3) is 0 Å². The van der Waals surface area contributed by atoms with Crippen LogP contribution in [0.1, 0.15) is 11.1 Å². The molecule has 0 saturated carbocycles. The van der Waals surface area contributed by atoms with E-state index in [2.05, 4.69) is 5.32 Å². The number of carbonyl (C=O) groups excluding carboxylic acids is 1. The van der Waals surface area contributed by atoms with Gasteiger partial charge in [-0.15, -0.1) is 0 Å². The minimum absolute atomic E-state index is 0.0398. The van der Waals surface area contributed by atoms with E-state index in [9.17, 15) is 13.6 Å². The van der Waals surface area contributed by atoms with Crippen LogP contribution in [-0.2, 0) is 11.2 Å². The van der Waals surface area contributed by atoms with Gasteiger partial charge in [-0.3, -0.25) is 4.79 Å². The zero-order chi connectivity index (χ0) is 14.5. The molecule has 0 bridgehead atoms. The van der Waals surface area contributed by atoms with Gasteiger partial charge < -0.3 is 5.32 Å². The molecule has 0 aliphatic rings. The first-order valence-electron chi connectivity index (χ1n) is 5.82. The number of carbonyl (C=O) groups is 1. The first kappa shape index (κ1) is 13.7. The van der Waals surface area contributed by atoms with Crippen molar-refractivity contribution in [2.24, 2.45) is 0 Å². The molecule has 0 unspecified atom stereocenters. The monoisotopic (exact) mass is 272 g/mol. The average Bonchev–Trinajstić information content (AvgIpc) is 2.37. The molecule has 0 heterocycles. The Hall–Kier alpha value is -2.74. The van der Waals surface area contributed by atoms with Crippen molar-refractivity contribution in [3.05, 3.63) is 65.2 Å². The minimum atomic E-state index is -0.766. The van der Waals surface area contributed by atoms with Gasteiger partial charge in [-0.1, -0.05) is 18.2 Å². The number of hydrogen-bond acceptors (Lipinski definition) is 2. The molecular formula is C15H10F2N2O. The fraction of sp³-hybridized carbons (Fsp3) is 0.0667. The van der Waals surface area contributed by atoms with Crippen LogP contribution in [0.4, 0.5) is 14.5 Å². The molecule has 0 radical (unpaired) electrons. The summed E-state index contributed by atoms with van der Waals surface area (Å²) in [4.78, 5) is 11.8. The molecule has 0 atom stereocenters. The van der Waals surface area contributed by atoms with Gasteiger partial charge in [0.2, 0.25) is 5.91 Å². The molecule has 2 aromatic carbocycles. The summed E-state index contributed by atoms with van der Waals surface area (Å²) in [6, 6.07) is 11.4. The van der Waals surface area contributed by atoms with Crippen LogP contribution in [0, 0.1) is 23.0 Å². The van der Waals surface area contributed by atoms with Crippen molar-refractivity contribution in [3.63, 3.8) is 0 Å². The first-order chi connectivity index (χ1) is 9.58. The van der Waals surface area contributed by atoms with Gasteiger partial charge in [-0.2, -0.15) is 5.26 Å².